The summed E-state index contributed by atoms with van der Waals surface area (Å²) >= 11 is 0. The highest BCUT2D eigenvalue weighted by atomic mass is 16.5. The van der Waals surface area contributed by atoms with E-state index in [0.717, 1.165) is 31.1 Å². The molecular formula is C16H30N2O. The first-order chi connectivity index (χ1) is 9.21. The molecule has 110 valence electrons. The van der Waals surface area contributed by atoms with E-state index < -0.39 is 0 Å². The zero-order valence-electron chi connectivity index (χ0n) is 12.7. The molecule has 2 aliphatic heterocycles. The number of hydrogen-bond acceptors (Lipinski definition) is 3. The Labute approximate surface area is 118 Å². The molecule has 0 aromatic rings. The standard InChI is InChI=1S/C16H30N2O/c1-3-15-9-17-16(2,14-6-7-14)12-18(15)10-13-5-4-8-19-11-13/h13-15,17H,3-12H2,1-2H3. The molecule has 19 heavy (non-hydrogen) atoms. The summed E-state index contributed by atoms with van der Waals surface area (Å²) in [6, 6.07) is 0.730. The average molecular weight is 266 g/mol. The van der Waals surface area contributed by atoms with E-state index in [0.29, 0.717) is 5.54 Å². The second-order valence-corrected chi connectivity index (χ2v) is 7.15. The molecule has 1 N–H and O–H groups in total. The fraction of sp³-hybridized carbons (Fsp3) is 1.00. The molecule has 3 nitrogen and oxygen atoms in total. The minimum Gasteiger partial charge on any atom is -0.381 e. The Kier molecular flexibility index (Phi) is 4.16. The summed E-state index contributed by atoms with van der Waals surface area (Å²) in [7, 11) is 0. The predicted octanol–water partition coefficient (Wildman–Crippen LogP) is 2.27. The monoisotopic (exact) mass is 266 g/mol. The van der Waals surface area contributed by atoms with Crippen LogP contribution in [0, 0.1) is 11.8 Å². The van der Waals surface area contributed by atoms with Crippen molar-refractivity contribution in [3.63, 3.8) is 0 Å². The smallest absolute Gasteiger partial charge is 0.0506 e. The number of hydrogen-bond donors (Lipinski definition) is 1. The van der Waals surface area contributed by atoms with Crippen molar-refractivity contribution in [3.8, 4) is 0 Å². The summed E-state index contributed by atoms with van der Waals surface area (Å²) in [5.41, 5.74) is 0.376. The third-order valence-corrected chi connectivity index (χ3v) is 5.49. The van der Waals surface area contributed by atoms with Crippen LogP contribution >= 0.6 is 0 Å². The Balaban J connectivity index is 1.61. The Morgan fingerprint density at radius 3 is 2.79 bits per heavy atom. The predicted molar refractivity (Wildman–Crippen MR) is 78.3 cm³/mol. The van der Waals surface area contributed by atoms with Crippen LogP contribution in [0.5, 0.6) is 0 Å². The largest absolute Gasteiger partial charge is 0.381 e. The zero-order valence-corrected chi connectivity index (χ0v) is 12.7. The second-order valence-electron chi connectivity index (χ2n) is 7.15. The summed E-state index contributed by atoms with van der Waals surface area (Å²) in [4.78, 5) is 2.77. The molecule has 2 saturated heterocycles. The third kappa shape index (κ3) is 3.14. The zero-order chi connectivity index (χ0) is 13.3. The number of rotatable bonds is 4. The highest BCUT2D eigenvalue weighted by Gasteiger charge is 2.45. The lowest BCUT2D eigenvalue weighted by Crippen LogP contribution is -2.64. The van der Waals surface area contributed by atoms with Crippen LogP contribution in [-0.4, -0.2) is 49.3 Å². The molecule has 0 spiro atoms. The minimum absolute atomic E-state index is 0.376. The van der Waals surface area contributed by atoms with Crippen molar-refractivity contribution in [1.82, 2.24) is 10.2 Å². The molecule has 0 aromatic carbocycles. The van der Waals surface area contributed by atoms with Gasteiger partial charge in [0.05, 0.1) is 6.61 Å². The van der Waals surface area contributed by atoms with Gasteiger partial charge in [-0.2, -0.15) is 0 Å². The van der Waals surface area contributed by atoms with E-state index >= 15 is 0 Å². The Hall–Kier alpha value is -0.120. The lowest BCUT2D eigenvalue weighted by Gasteiger charge is -2.48. The van der Waals surface area contributed by atoms with Gasteiger partial charge in [-0.15, -0.1) is 0 Å². The van der Waals surface area contributed by atoms with E-state index in [-0.39, 0.29) is 0 Å². The minimum atomic E-state index is 0.376. The van der Waals surface area contributed by atoms with Crippen LogP contribution in [0.15, 0.2) is 0 Å². The molecule has 3 atom stereocenters. The van der Waals surface area contributed by atoms with Crippen molar-refractivity contribution in [2.45, 2.75) is 57.5 Å². The maximum atomic E-state index is 5.66. The van der Waals surface area contributed by atoms with E-state index in [9.17, 15) is 0 Å². The van der Waals surface area contributed by atoms with Crippen molar-refractivity contribution in [3.05, 3.63) is 0 Å². The van der Waals surface area contributed by atoms with Gasteiger partial charge in [0.1, 0.15) is 0 Å². The fourth-order valence-corrected chi connectivity index (χ4v) is 3.98. The molecule has 0 radical (unpaired) electrons. The highest BCUT2D eigenvalue weighted by Crippen LogP contribution is 2.41. The van der Waals surface area contributed by atoms with E-state index in [2.05, 4.69) is 24.1 Å². The Morgan fingerprint density at radius 1 is 1.32 bits per heavy atom. The lowest BCUT2D eigenvalue weighted by molar-refractivity contribution is 0.00791. The molecule has 0 amide bonds. The van der Waals surface area contributed by atoms with Crippen LogP contribution in [-0.2, 0) is 4.74 Å². The molecular weight excluding hydrogens is 236 g/mol. The van der Waals surface area contributed by atoms with Gasteiger partial charge in [-0.3, -0.25) is 4.90 Å². The molecule has 2 heterocycles. The molecule has 0 bridgehead atoms. The first-order valence-corrected chi connectivity index (χ1v) is 8.28. The third-order valence-electron chi connectivity index (χ3n) is 5.49. The summed E-state index contributed by atoms with van der Waals surface area (Å²) in [6.07, 6.45) is 6.75. The molecule has 3 rings (SSSR count). The van der Waals surface area contributed by atoms with Crippen LogP contribution in [0.2, 0.25) is 0 Å². The lowest BCUT2D eigenvalue weighted by atomic mass is 9.89. The van der Waals surface area contributed by atoms with Gasteiger partial charge in [0.15, 0.2) is 0 Å². The van der Waals surface area contributed by atoms with Crippen LogP contribution < -0.4 is 5.32 Å². The molecule has 3 unspecified atom stereocenters. The normalized spacial score (nSPS) is 41.4. The topological polar surface area (TPSA) is 24.5 Å². The fourth-order valence-electron chi connectivity index (χ4n) is 3.98. The molecule has 1 aliphatic carbocycles. The van der Waals surface area contributed by atoms with Crippen molar-refractivity contribution in [2.75, 3.05) is 32.8 Å². The van der Waals surface area contributed by atoms with Gasteiger partial charge < -0.3 is 10.1 Å². The summed E-state index contributed by atoms with van der Waals surface area (Å²) in [6.45, 7) is 10.4. The quantitative estimate of drug-likeness (QED) is 0.845. The van der Waals surface area contributed by atoms with Gasteiger partial charge in [0.2, 0.25) is 0 Å². The van der Waals surface area contributed by atoms with Crippen LogP contribution in [0.4, 0.5) is 0 Å². The number of nitrogens with one attached hydrogen (secondary N) is 1. The van der Waals surface area contributed by atoms with Crippen LogP contribution in [0.1, 0.15) is 46.0 Å². The highest BCUT2D eigenvalue weighted by molar-refractivity contribution is 5.04. The van der Waals surface area contributed by atoms with Gasteiger partial charge >= 0.3 is 0 Å². The summed E-state index contributed by atoms with van der Waals surface area (Å²) in [5, 5.41) is 3.85. The van der Waals surface area contributed by atoms with Crippen LogP contribution in [0.3, 0.4) is 0 Å². The van der Waals surface area contributed by atoms with Gasteiger partial charge in [-0.1, -0.05) is 6.92 Å². The maximum Gasteiger partial charge on any atom is 0.0506 e. The molecule has 1 saturated carbocycles. The summed E-state index contributed by atoms with van der Waals surface area (Å²) in [5.74, 6) is 1.69. The van der Waals surface area contributed by atoms with Gasteiger partial charge in [-0.05, 0) is 50.9 Å². The Bertz CT molecular complexity index is 299. The molecule has 3 fully saturated rings. The maximum absolute atomic E-state index is 5.66. The average Bonchev–Trinajstić information content (AvgIpc) is 3.25. The molecule has 0 aromatic heterocycles. The van der Waals surface area contributed by atoms with Crippen LogP contribution in [0.25, 0.3) is 0 Å². The van der Waals surface area contributed by atoms with Gasteiger partial charge in [0, 0.05) is 37.8 Å². The van der Waals surface area contributed by atoms with Gasteiger partial charge in [0.25, 0.3) is 0 Å². The first-order valence-electron chi connectivity index (χ1n) is 8.28. The van der Waals surface area contributed by atoms with Gasteiger partial charge in [-0.25, -0.2) is 0 Å². The molecule has 3 aliphatic rings. The van der Waals surface area contributed by atoms with E-state index in [1.807, 2.05) is 0 Å². The Morgan fingerprint density at radius 2 is 2.16 bits per heavy atom. The SMILES string of the molecule is CCC1CNC(C)(C2CC2)CN1CC1CCCOC1. The van der Waals surface area contributed by atoms with E-state index in [1.165, 1.54) is 51.7 Å². The first kappa shape index (κ1) is 13.8. The molecule has 3 heteroatoms. The van der Waals surface area contributed by atoms with Crippen molar-refractivity contribution >= 4 is 0 Å². The second kappa shape index (κ2) is 5.71. The number of piperazine rings is 1. The van der Waals surface area contributed by atoms with Crippen molar-refractivity contribution in [1.29, 1.82) is 0 Å². The number of nitrogens with zero attached hydrogens (tertiary/aromatic N) is 1. The number of ether oxygens (including phenoxy) is 1. The van der Waals surface area contributed by atoms with E-state index in [1.54, 1.807) is 0 Å². The summed E-state index contributed by atoms with van der Waals surface area (Å²) < 4.78 is 5.66. The van der Waals surface area contributed by atoms with Crippen molar-refractivity contribution < 1.29 is 4.74 Å². The van der Waals surface area contributed by atoms with Crippen molar-refractivity contribution in [2.24, 2.45) is 11.8 Å². The van der Waals surface area contributed by atoms with E-state index in [4.69, 9.17) is 4.74 Å².